The highest BCUT2D eigenvalue weighted by molar-refractivity contribution is 7.79. The van der Waals surface area contributed by atoms with Crippen molar-refractivity contribution in [2.45, 2.75) is 12.8 Å². The zero-order valence-electron chi connectivity index (χ0n) is 18.3. The van der Waals surface area contributed by atoms with E-state index in [-0.39, 0.29) is 11.7 Å². The van der Waals surface area contributed by atoms with Crippen LogP contribution in [0, 0.1) is 5.82 Å². The number of rotatable bonds is 4. The molecule has 0 unspecified atom stereocenters. The van der Waals surface area contributed by atoms with Crippen LogP contribution in [0.3, 0.4) is 0 Å². The molecule has 0 amide bonds. The number of hydrogen-bond acceptors (Lipinski definition) is 6. The topological polar surface area (TPSA) is 151 Å². The van der Waals surface area contributed by atoms with Crippen LogP contribution in [0.15, 0.2) is 64.1 Å². The molecular formula is C22H25FN4O6S. The molecule has 1 aliphatic heterocycles. The predicted molar refractivity (Wildman–Crippen MR) is 124 cm³/mol. The molecule has 3 aromatic rings. The van der Waals surface area contributed by atoms with Gasteiger partial charge in [-0.2, -0.15) is 13.4 Å². The van der Waals surface area contributed by atoms with Crippen molar-refractivity contribution in [3.63, 3.8) is 0 Å². The highest BCUT2D eigenvalue weighted by Crippen LogP contribution is 2.30. The van der Waals surface area contributed by atoms with Gasteiger partial charge in [0.25, 0.3) is 5.88 Å². The minimum Gasteiger partial charge on any atom is -0.378 e. The van der Waals surface area contributed by atoms with Gasteiger partial charge in [-0.05, 0) is 17.2 Å². The number of guanidine groups is 1. The molecule has 182 valence electrons. The third kappa shape index (κ3) is 7.35. The maximum atomic E-state index is 14.7. The monoisotopic (exact) mass is 492 g/mol. The maximum absolute atomic E-state index is 14.7. The average Bonchev–Trinajstić information content (AvgIpc) is 3.27. The summed E-state index contributed by atoms with van der Waals surface area (Å²) in [5.41, 5.74) is 8.96. The lowest BCUT2D eigenvalue weighted by atomic mass is 9.95. The molecule has 1 fully saturated rings. The Labute approximate surface area is 196 Å². The summed E-state index contributed by atoms with van der Waals surface area (Å²) in [4.78, 5) is 6.25. The summed E-state index contributed by atoms with van der Waals surface area (Å²) in [7, 11) is -4.67. The van der Waals surface area contributed by atoms with E-state index in [1.165, 1.54) is 0 Å². The molecule has 1 atom stereocenters. The van der Waals surface area contributed by atoms with Gasteiger partial charge in [-0.1, -0.05) is 54.5 Å². The van der Waals surface area contributed by atoms with E-state index in [0.717, 1.165) is 11.1 Å². The largest absolute Gasteiger partial charge is 0.394 e. The lowest BCUT2D eigenvalue weighted by Gasteiger charge is -2.27. The molecule has 1 saturated heterocycles. The zero-order chi connectivity index (χ0) is 24.7. The first-order valence-corrected chi connectivity index (χ1v) is 11.7. The smallest absolute Gasteiger partial charge is 0.378 e. The second-order valence-corrected chi connectivity index (χ2v) is 8.33. The van der Waals surface area contributed by atoms with Crippen LogP contribution in [0.4, 0.5) is 10.3 Å². The second kappa shape index (κ2) is 11.2. The quantitative estimate of drug-likeness (QED) is 0.283. The van der Waals surface area contributed by atoms with Crippen molar-refractivity contribution in [2.75, 3.05) is 26.3 Å². The van der Waals surface area contributed by atoms with Crippen molar-refractivity contribution >= 4 is 22.2 Å². The summed E-state index contributed by atoms with van der Waals surface area (Å²) in [6, 6.07) is 16.5. The number of nitrogens with zero attached hydrogens (tertiary/aromatic N) is 3. The fourth-order valence-corrected chi connectivity index (χ4v) is 3.33. The maximum Gasteiger partial charge on any atom is 0.394 e. The molecule has 0 saturated carbocycles. The Morgan fingerprint density at radius 1 is 1.15 bits per heavy atom. The summed E-state index contributed by atoms with van der Waals surface area (Å²) in [6.45, 7) is 4.59. The van der Waals surface area contributed by atoms with Gasteiger partial charge < -0.3 is 19.9 Å². The zero-order valence-corrected chi connectivity index (χ0v) is 19.2. The molecule has 10 nitrogen and oxygen atoms in total. The van der Waals surface area contributed by atoms with Crippen LogP contribution in [0.2, 0.25) is 0 Å². The van der Waals surface area contributed by atoms with Crippen LogP contribution < -0.4 is 5.73 Å². The number of halogens is 1. The Kier molecular flexibility index (Phi) is 8.34. The van der Waals surface area contributed by atoms with E-state index in [1.54, 1.807) is 18.2 Å². The van der Waals surface area contributed by atoms with Crippen molar-refractivity contribution in [2.24, 2.45) is 10.7 Å². The molecule has 0 bridgehead atoms. The lowest BCUT2D eigenvalue weighted by molar-refractivity contribution is 0.0675. The second-order valence-electron chi connectivity index (χ2n) is 7.43. The van der Waals surface area contributed by atoms with E-state index in [2.05, 4.69) is 10.1 Å². The van der Waals surface area contributed by atoms with Crippen molar-refractivity contribution < 1.29 is 31.2 Å². The first kappa shape index (κ1) is 25.3. The van der Waals surface area contributed by atoms with Gasteiger partial charge in [0.15, 0.2) is 5.96 Å². The fraction of sp³-hybridized carbons (Fsp3) is 0.273. The Balaban J connectivity index is 0.000000588. The van der Waals surface area contributed by atoms with Crippen molar-refractivity contribution in [1.82, 2.24) is 10.1 Å². The molecule has 1 aliphatic rings. The van der Waals surface area contributed by atoms with Gasteiger partial charge in [0.1, 0.15) is 5.82 Å². The molecule has 0 aliphatic carbocycles. The van der Waals surface area contributed by atoms with Gasteiger partial charge in [-0.25, -0.2) is 4.39 Å². The van der Waals surface area contributed by atoms with Gasteiger partial charge in [0, 0.05) is 30.6 Å². The van der Waals surface area contributed by atoms with Crippen LogP contribution in [0.1, 0.15) is 24.1 Å². The molecule has 0 spiro atoms. The molecule has 2 heterocycles. The number of hydrogen-bond donors (Lipinski definition) is 3. The number of ether oxygens (including phenoxy) is 1. The lowest BCUT2D eigenvalue weighted by Crippen LogP contribution is -2.44. The molecule has 0 radical (unpaired) electrons. The number of nitrogens with two attached hydrogens (primary N) is 1. The van der Waals surface area contributed by atoms with Crippen LogP contribution >= 0.6 is 0 Å². The van der Waals surface area contributed by atoms with E-state index < -0.39 is 10.4 Å². The fourth-order valence-electron chi connectivity index (χ4n) is 3.33. The first-order valence-electron chi connectivity index (χ1n) is 10.3. The minimum atomic E-state index is -4.67. The summed E-state index contributed by atoms with van der Waals surface area (Å²) in [6.07, 6.45) is 0. The predicted octanol–water partition coefficient (Wildman–Crippen LogP) is 3.26. The highest BCUT2D eigenvalue weighted by atomic mass is 32.3. The summed E-state index contributed by atoms with van der Waals surface area (Å²) in [5, 5.41) is 4.10. The summed E-state index contributed by atoms with van der Waals surface area (Å²) in [5.74, 6) is 0.296. The van der Waals surface area contributed by atoms with Crippen molar-refractivity contribution in [1.29, 1.82) is 0 Å². The van der Waals surface area contributed by atoms with Gasteiger partial charge >= 0.3 is 10.4 Å². The van der Waals surface area contributed by atoms with Crippen molar-refractivity contribution in [3.05, 3.63) is 71.7 Å². The Morgan fingerprint density at radius 2 is 1.79 bits per heavy atom. The molecule has 34 heavy (non-hydrogen) atoms. The van der Waals surface area contributed by atoms with Gasteiger partial charge in [0.05, 0.1) is 18.9 Å². The number of aromatic nitrogens is 1. The van der Waals surface area contributed by atoms with Gasteiger partial charge in [-0.15, -0.1) is 0 Å². The normalized spacial score (nSPS) is 15.4. The molecule has 1 aromatic heterocycles. The minimum absolute atomic E-state index is 0.147. The van der Waals surface area contributed by atoms with E-state index in [1.807, 2.05) is 48.2 Å². The average molecular weight is 493 g/mol. The van der Waals surface area contributed by atoms with E-state index in [9.17, 15) is 4.39 Å². The number of aliphatic imine (C=N–C) groups is 1. The van der Waals surface area contributed by atoms with E-state index >= 15 is 0 Å². The van der Waals surface area contributed by atoms with E-state index in [4.69, 9.17) is 32.5 Å². The summed E-state index contributed by atoms with van der Waals surface area (Å²) < 4.78 is 56.9. The third-order valence-electron chi connectivity index (χ3n) is 5.10. The Hall–Kier alpha value is -3.32. The summed E-state index contributed by atoms with van der Waals surface area (Å²) >= 11 is 0. The SMILES string of the molecule is C[C@@H](c1ccc(-c2ccccc2)c(F)c1)c1cc(N=C(N)N2CCOCC2)on1.O=S(=O)(O)O. The van der Waals surface area contributed by atoms with Crippen LogP contribution in [-0.4, -0.2) is 59.8 Å². The third-order valence-corrected chi connectivity index (χ3v) is 5.10. The Bertz CT molecular complexity index is 1220. The molecule has 2 aromatic carbocycles. The van der Waals surface area contributed by atoms with Crippen LogP contribution in [0.25, 0.3) is 11.1 Å². The molecule has 12 heteroatoms. The molecule has 4 N–H and O–H groups in total. The Morgan fingerprint density at radius 3 is 2.41 bits per heavy atom. The molecule has 4 rings (SSSR count). The van der Waals surface area contributed by atoms with Crippen LogP contribution in [0.5, 0.6) is 0 Å². The van der Waals surface area contributed by atoms with Crippen LogP contribution in [-0.2, 0) is 15.1 Å². The van der Waals surface area contributed by atoms with Gasteiger partial charge in [-0.3, -0.25) is 9.11 Å². The molecular weight excluding hydrogens is 467 g/mol. The van der Waals surface area contributed by atoms with Gasteiger partial charge in [0.2, 0.25) is 0 Å². The highest BCUT2D eigenvalue weighted by Gasteiger charge is 2.18. The number of benzene rings is 2. The standard InChI is InChI=1S/C22H23FN4O2.H2O4S/c1-15(17-7-8-18(19(23)13-17)16-5-3-2-4-6-16)20-14-21(29-26-20)25-22(24)27-9-11-28-12-10-27;1-5(2,3)4/h2-8,13-15H,9-12H2,1H3,(H2,24,25);(H2,1,2,3,4)/t15-;/m0./s1. The van der Waals surface area contributed by atoms with E-state index in [0.29, 0.717) is 49.4 Å². The number of morpholine rings is 1. The first-order chi connectivity index (χ1) is 16.1. The van der Waals surface area contributed by atoms with Crippen molar-refractivity contribution in [3.8, 4) is 11.1 Å².